The average molecular weight is 264 g/mol. The Hall–Kier alpha value is -1.18. The molecule has 18 heavy (non-hydrogen) atoms. The third-order valence-corrected chi connectivity index (χ3v) is 3.18. The third kappa shape index (κ3) is 6.53. The van der Waals surface area contributed by atoms with Crippen molar-refractivity contribution in [2.75, 3.05) is 25.2 Å². The summed E-state index contributed by atoms with van der Waals surface area (Å²) in [4.78, 5) is 0. The Balaban J connectivity index is 2.23. The molecule has 0 saturated carbocycles. The van der Waals surface area contributed by atoms with Crippen LogP contribution in [-0.2, 0) is 6.54 Å². The van der Waals surface area contributed by atoms with E-state index in [4.69, 9.17) is 10.00 Å². The van der Waals surface area contributed by atoms with Gasteiger partial charge in [0.15, 0.2) is 6.61 Å². The molecule has 0 atom stereocenters. The van der Waals surface area contributed by atoms with E-state index in [1.807, 2.05) is 36.0 Å². The number of unbranched alkanes of at least 4 members (excludes halogenated alkanes) is 1. The van der Waals surface area contributed by atoms with Crippen LogP contribution in [0.15, 0.2) is 24.3 Å². The summed E-state index contributed by atoms with van der Waals surface area (Å²) in [7, 11) is 0. The maximum Gasteiger partial charge on any atom is 0.174 e. The topological polar surface area (TPSA) is 45.0 Å². The second kappa shape index (κ2) is 9.81. The van der Waals surface area contributed by atoms with E-state index in [9.17, 15) is 0 Å². The van der Waals surface area contributed by atoms with Crippen molar-refractivity contribution in [3.05, 3.63) is 29.8 Å². The van der Waals surface area contributed by atoms with Gasteiger partial charge in [-0.05, 0) is 49.1 Å². The highest BCUT2D eigenvalue weighted by molar-refractivity contribution is 7.98. The molecule has 1 N–H and O–H groups in total. The lowest BCUT2D eigenvalue weighted by atomic mass is 10.2. The maximum atomic E-state index is 8.45. The van der Waals surface area contributed by atoms with Gasteiger partial charge in [0.25, 0.3) is 0 Å². The normalized spacial score (nSPS) is 10.0. The van der Waals surface area contributed by atoms with Crippen molar-refractivity contribution < 1.29 is 4.74 Å². The molecular weight excluding hydrogens is 244 g/mol. The monoisotopic (exact) mass is 264 g/mol. The summed E-state index contributed by atoms with van der Waals surface area (Å²) in [5, 5.41) is 11.9. The molecule has 98 valence electrons. The number of benzene rings is 1. The predicted octanol–water partition coefficient (Wildman–Crippen LogP) is 2.82. The number of nitrogens with zero attached hydrogens (tertiary/aromatic N) is 1. The fourth-order valence-corrected chi connectivity index (χ4v) is 2.08. The second-order valence-corrected chi connectivity index (χ2v) is 4.96. The van der Waals surface area contributed by atoms with E-state index in [1.54, 1.807) is 0 Å². The molecule has 0 radical (unpaired) electrons. The van der Waals surface area contributed by atoms with Gasteiger partial charge in [-0.1, -0.05) is 12.1 Å². The van der Waals surface area contributed by atoms with Crippen LogP contribution in [0, 0.1) is 11.3 Å². The van der Waals surface area contributed by atoms with Crippen molar-refractivity contribution in [2.45, 2.75) is 19.4 Å². The van der Waals surface area contributed by atoms with Gasteiger partial charge in [0.1, 0.15) is 11.8 Å². The summed E-state index contributed by atoms with van der Waals surface area (Å²) < 4.78 is 5.26. The first-order valence-electron chi connectivity index (χ1n) is 6.15. The van der Waals surface area contributed by atoms with E-state index in [1.165, 1.54) is 24.2 Å². The van der Waals surface area contributed by atoms with Crippen molar-refractivity contribution in [1.82, 2.24) is 5.32 Å². The van der Waals surface area contributed by atoms with Crippen LogP contribution in [0.2, 0.25) is 0 Å². The lowest BCUT2D eigenvalue weighted by Gasteiger charge is -2.07. The van der Waals surface area contributed by atoms with Crippen LogP contribution in [0.25, 0.3) is 0 Å². The second-order valence-electron chi connectivity index (χ2n) is 3.97. The summed E-state index contributed by atoms with van der Waals surface area (Å²) in [5.74, 6) is 2.00. The molecule has 0 amide bonds. The predicted molar refractivity (Wildman–Crippen MR) is 76.9 cm³/mol. The Morgan fingerprint density at radius 2 is 2.28 bits per heavy atom. The molecular formula is C14H20N2OS. The van der Waals surface area contributed by atoms with Gasteiger partial charge in [-0.3, -0.25) is 0 Å². The van der Waals surface area contributed by atoms with Gasteiger partial charge in [0.05, 0.1) is 0 Å². The molecule has 0 aromatic heterocycles. The number of nitriles is 1. The lowest BCUT2D eigenvalue weighted by molar-refractivity contribution is 0.367. The van der Waals surface area contributed by atoms with Gasteiger partial charge in [-0.2, -0.15) is 17.0 Å². The Morgan fingerprint density at radius 1 is 1.39 bits per heavy atom. The first kappa shape index (κ1) is 14.9. The standard InChI is InChI=1S/C14H20N2OS/c1-18-10-3-2-8-16-12-13-5-4-6-14(11-13)17-9-7-15/h4-6,11,16H,2-3,8-10,12H2,1H3. The van der Waals surface area contributed by atoms with E-state index in [0.717, 1.165) is 18.8 Å². The zero-order valence-corrected chi connectivity index (χ0v) is 11.6. The van der Waals surface area contributed by atoms with Crippen LogP contribution in [0.5, 0.6) is 5.75 Å². The Labute approximate surface area is 114 Å². The largest absolute Gasteiger partial charge is 0.479 e. The molecule has 4 heteroatoms. The van der Waals surface area contributed by atoms with Gasteiger partial charge in [0.2, 0.25) is 0 Å². The molecule has 1 aromatic carbocycles. The van der Waals surface area contributed by atoms with Crippen LogP contribution in [0.1, 0.15) is 18.4 Å². The summed E-state index contributed by atoms with van der Waals surface area (Å²) >= 11 is 1.89. The zero-order chi connectivity index (χ0) is 13.1. The molecule has 1 rings (SSSR count). The summed E-state index contributed by atoms with van der Waals surface area (Å²) in [6.45, 7) is 2.00. The van der Waals surface area contributed by atoms with Crippen LogP contribution in [0.4, 0.5) is 0 Å². The van der Waals surface area contributed by atoms with Crippen LogP contribution < -0.4 is 10.1 Å². The quantitative estimate of drug-likeness (QED) is 0.697. The van der Waals surface area contributed by atoms with E-state index < -0.39 is 0 Å². The number of rotatable bonds is 9. The molecule has 3 nitrogen and oxygen atoms in total. The number of hydrogen-bond donors (Lipinski definition) is 1. The van der Waals surface area contributed by atoms with Crippen LogP contribution >= 0.6 is 11.8 Å². The highest BCUT2D eigenvalue weighted by Crippen LogP contribution is 2.12. The number of ether oxygens (including phenoxy) is 1. The SMILES string of the molecule is CSCCCCNCc1cccc(OCC#N)c1. The minimum Gasteiger partial charge on any atom is -0.479 e. The first-order chi connectivity index (χ1) is 8.86. The molecule has 0 aliphatic rings. The van der Waals surface area contributed by atoms with Crippen molar-refractivity contribution in [3.8, 4) is 11.8 Å². The van der Waals surface area contributed by atoms with Crippen molar-refractivity contribution in [2.24, 2.45) is 0 Å². The van der Waals surface area contributed by atoms with E-state index in [2.05, 4.69) is 17.6 Å². The molecule has 0 aliphatic carbocycles. The fraction of sp³-hybridized carbons (Fsp3) is 0.500. The minimum atomic E-state index is 0.103. The Kier molecular flexibility index (Phi) is 8.11. The third-order valence-electron chi connectivity index (χ3n) is 2.48. The molecule has 1 aromatic rings. The van der Waals surface area contributed by atoms with Gasteiger partial charge < -0.3 is 10.1 Å². The zero-order valence-electron chi connectivity index (χ0n) is 10.8. The molecule has 0 aliphatic heterocycles. The smallest absolute Gasteiger partial charge is 0.174 e. The van der Waals surface area contributed by atoms with E-state index >= 15 is 0 Å². The minimum absolute atomic E-state index is 0.103. The highest BCUT2D eigenvalue weighted by Gasteiger charge is 1.96. The number of thioether (sulfide) groups is 1. The maximum absolute atomic E-state index is 8.45. The van der Waals surface area contributed by atoms with Gasteiger partial charge in [0, 0.05) is 6.54 Å². The lowest BCUT2D eigenvalue weighted by Crippen LogP contribution is -2.14. The van der Waals surface area contributed by atoms with Crippen LogP contribution in [-0.4, -0.2) is 25.2 Å². The van der Waals surface area contributed by atoms with Crippen molar-refractivity contribution in [3.63, 3.8) is 0 Å². The van der Waals surface area contributed by atoms with Gasteiger partial charge in [-0.25, -0.2) is 0 Å². The van der Waals surface area contributed by atoms with Crippen molar-refractivity contribution in [1.29, 1.82) is 5.26 Å². The highest BCUT2D eigenvalue weighted by atomic mass is 32.2. The Bertz CT molecular complexity index is 376. The molecule has 0 fully saturated rings. The summed E-state index contributed by atoms with van der Waals surface area (Å²) in [5.41, 5.74) is 1.19. The van der Waals surface area contributed by atoms with Gasteiger partial charge >= 0.3 is 0 Å². The van der Waals surface area contributed by atoms with E-state index in [-0.39, 0.29) is 6.61 Å². The van der Waals surface area contributed by atoms with E-state index in [0.29, 0.717) is 0 Å². The fourth-order valence-electron chi connectivity index (χ4n) is 1.59. The number of hydrogen-bond acceptors (Lipinski definition) is 4. The molecule has 0 spiro atoms. The number of nitrogens with one attached hydrogen (secondary N) is 1. The van der Waals surface area contributed by atoms with Gasteiger partial charge in [-0.15, -0.1) is 0 Å². The molecule has 0 unspecified atom stereocenters. The molecule has 0 heterocycles. The Morgan fingerprint density at radius 3 is 3.06 bits per heavy atom. The first-order valence-corrected chi connectivity index (χ1v) is 7.54. The van der Waals surface area contributed by atoms with Crippen molar-refractivity contribution >= 4 is 11.8 Å². The average Bonchev–Trinajstić information content (AvgIpc) is 2.41. The summed E-state index contributed by atoms with van der Waals surface area (Å²) in [6, 6.07) is 9.84. The molecule has 0 saturated heterocycles. The summed E-state index contributed by atoms with van der Waals surface area (Å²) in [6.07, 6.45) is 4.62. The molecule has 0 bridgehead atoms. The van der Waals surface area contributed by atoms with Crippen LogP contribution in [0.3, 0.4) is 0 Å².